The summed E-state index contributed by atoms with van der Waals surface area (Å²) in [5, 5.41) is 13.1. The molecule has 1 aliphatic carbocycles. The van der Waals surface area contributed by atoms with Gasteiger partial charge in [-0.3, -0.25) is 9.69 Å². The van der Waals surface area contributed by atoms with E-state index in [9.17, 15) is 14.7 Å². The minimum absolute atomic E-state index is 0.125. The van der Waals surface area contributed by atoms with Gasteiger partial charge in [0.25, 0.3) is 0 Å². The number of carboxylic acid groups (broad SMARTS) is 1. The van der Waals surface area contributed by atoms with Gasteiger partial charge in [0.2, 0.25) is 5.91 Å². The Morgan fingerprint density at radius 2 is 1.85 bits per heavy atom. The van der Waals surface area contributed by atoms with Crippen LogP contribution in [-0.4, -0.2) is 41.5 Å². The van der Waals surface area contributed by atoms with Crippen LogP contribution in [0.15, 0.2) is 0 Å². The van der Waals surface area contributed by atoms with Gasteiger partial charge in [0.05, 0.1) is 12.1 Å². The standard InChI is InChI=1S/C20H32N2O3S/c1-12(2)9-22(10-13(3)4)11-17(23)21-19-18(20(24)25)15-7-6-14(5)8-16(15)26-19/h12-14H,6-11H2,1-5H3,(H,21,23)(H,24,25). The van der Waals surface area contributed by atoms with Gasteiger partial charge in [0.15, 0.2) is 0 Å². The number of carboxylic acids is 1. The fraction of sp³-hybridized carbons (Fsp3) is 0.700. The second kappa shape index (κ2) is 9.00. The number of carbonyl (C=O) groups is 2. The number of nitrogens with zero attached hydrogens (tertiary/aromatic N) is 1. The van der Waals surface area contributed by atoms with Gasteiger partial charge >= 0.3 is 5.97 Å². The molecule has 0 spiro atoms. The van der Waals surface area contributed by atoms with Crippen LogP contribution in [0.1, 0.15) is 61.8 Å². The highest BCUT2D eigenvalue weighted by atomic mass is 32.1. The van der Waals surface area contributed by atoms with Crippen LogP contribution >= 0.6 is 11.3 Å². The molecule has 0 saturated heterocycles. The molecule has 26 heavy (non-hydrogen) atoms. The number of carbonyl (C=O) groups excluding carboxylic acids is 1. The van der Waals surface area contributed by atoms with Crippen molar-refractivity contribution in [2.75, 3.05) is 25.0 Å². The third-order valence-corrected chi connectivity index (χ3v) is 5.76. The number of hydrogen-bond donors (Lipinski definition) is 2. The van der Waals surface area contributed by atoms with E-state index in [1.54, 1.807) is 0 Å². The van der Waals surface area contributed by atoms with Crippen LogP contribution in [0.5, 0.6) is 0 Å². The van der Waals surface area contributed by atoms with Gasteiger partial charge in [0, 0.05) is 18.0 Å². The number of amides is 1. The van der Waals surface area contributed by atoms with Crippen molar-refractivity contribution in [1.82, 2.24) is 4.90 Å². The summed E-state index contributed by atoms with van der Waals surface area (Å²) in [5.74, 6) is 0.464. The molecule has 0 fully saturated rings. The van der Waals surface area contributed by atoms with Crippen LogP contribution in [0, 0.1) is 17.8 Å². The lowest BCUT2D eigenvalue weighted by molar-refractivity contribution is -0.117. The molecule has 1 atom stereocenters. The van der Waals surface area contributed by atoms with Gasteiger partial charge in [-0.15, -0.1) is 11.3 Å². The van der Waals surface area contributed by atoms with Crippen LogP contribution in [0.25, 0.3) is 0 Å². The van der Waals surface area contributed by atoms with Gasteiger partial charge < -0.3 is 10.4 Å². The predicted octanol–water partition coefficient (Wildman–Crippen LogP) is 4.12. The van der Waals surface area contributed by atoms with Crippen LogP contribution in [0.3, 0.4) is 0 Å². The van der Waals surface area contributed by atoms with E-state index in [-0.39, 0.29) is 5.91 Å². The zero-order chi connectivity index (χ0) is 19.4. The largest absolute Gasteiger partial charge is 0.478 e. The average molecular weight is 381 g/mol. The van der Waals surface area contributed by atoms with E-state index in [2.05, 4.69) is 44.8 Å². The molecule has 6 heteroatoms. The van der Waals surface area contributed by atoms with E-state index < -0.39 is 5.97 Å². The van der Waals surface area contributed by atoms with Crippen LogP contribution in [-0.2, 0) is 17.6 Å². The number of hydrogen-bond acceptors (Lipinski definition) is 4. The van der Waals surface area contributed by atoms with Gasteiger partial charge in [-0.2, -0.15) is 0 Å². The SMILES string of the molecule is CC(C)CN(CC(=O)Nc1sc2c(c1C(=O)O)CCC(C)C2)CC(C)C. The lowest BCUT2D eigenvalue weighted by atomic mass is 9.88. The number of thiophene rings is 1. The van der Waals surface area contributed by atoms with E-state index in [1.165, 1.54) is 11.3 Å². The van der Waals surface area contributed by atoms with E-state index in [0.29, 0.717) is 34.9 Å². The molecule has 1 aromatic rings. The Morgan fingerprint density at radius 3 is 2.38 bits per heavy atom. The van der Waals surface area contributed by atoms with Crippen molar-refractivity contribution in [2.24, 2.45) is 17.8 Å². The minimum atomic E-state index is -0.937. The highest BCUT2D eigenvalue weighted by molar-refractivity contribution is 7.17. The van der Waals surface area contributed by atoms with Crippen molar-refractivity contribution in [3.8, 4) is 0 Å². The monoisotopic (exact) mass is 380 g/mol. The third kappa shape index (κ3) is 5.55. The number of rotatable bonds is 8. The Kier molecular flexibility index (Phi) is 7.24. The number of aromatic carboxylic acids is 1. The molecule has 0 saturated carbocycles. The zero-order valence-electron chi connectivity index (χ0n) is 16.6. The lowest BCUT2D eigenvalue weighted by Crippen LogP contribution is -2.38. The molecule has 0 aliphatic heterocycles. The molecular weight excluding hydrogens is 348 g/mol. The molecule has 1 amide bonds. The third-order valence-electron chi connectivity index (χ3n) is 4.59. The fourth-order valence-electron chi connectivity index (χ4n) is 3.67. The molecule has 1 aliphatic rings. The van der Waals surface area contributed by atoms with Gasteiger partial charge in [-0.1, -0.05) is 34.6 Å². The van der Waals surface area contributed by atoms with Crippen molar-refractivity contribution in [3.63, 3.8) is 0 Å². The van der Waals surface area contributed by atoms with Crippen LogP contribution < -0.4 is 5.32 Å². The first-order chi connectivity index (χ1) is 12.2. The van der Waals surface area contributed by atoms with E-state index in [1.807, 2.05) is 0 Å². The normalized spacial score (nSPS) is 17.0. The molecule has 1 unspecified atom stereocenters. The maximum atomic E-state index is 12.6. The van der Waals surface area contributed by atoms with Gasteiger partial charge in [-0.05, 0) is 42.6 Å². The molecule has 146 valence electrons. The van der Waals surface area contributed by atoms with Crippen molar-refractivity contribution in [1.29, 1.82) is 0 Å². The second-order valence-electron chi connectivity index (χ2n) is 8.39. The number of anilines is 1. The molecule has 5 nitrogen and oxygen atoms in total. The van der Waals surface area contributed by atoms with E-state index >= 15 is 0 Å². The fourth-order valence-corrected chi connectivity index (χ4v) is 5.09. The van der Waals surface area contributed by atoms with Crippen molar-refractivity contribution < 1.29 is 14.7 Å². The van der Waals surface area contributed by atoms with Crippen molar-refractivity contribution in [3.05, 3.63) is 16.0 Å². The molecule has 0 aromatic carbocycles. The summed E-state index contributed by atoms with van der Waals surface area (Å²) in [6.45, 7) is 12.8. The van der Waals surface area contributed by atoms with Gasteiger partial charge in [0.1, 0.15) is 5.00 Å². The summed E-state index contributed by atoms with van der Waals surface area (Å²) in [4.78, 5) is 27.7. The zero-order valence-corrected chi connectivity index (χ0v) is 17.4. The number of fused-ring (bicyclic) bond motifs is 1. The first-order valence-electron chi connectivity index (χ1n) is 9.57. The lowest BCUT2D eigenvalue weighted by Gasteiger charge is -2.25. The Morgan fingerprint density at radius 1 is 1.23 bits per heavy atom. The van der Waals surface area contributed by atoms with Crippen molar-refractivity contribution in [2.45, 2.75) is 53.9 Å². The average Bonchev–Trinajstić information content (AvgIpc) is 2.82. The number of nitrogens with one attached hydrogen (secondary N) is 1. The maximum Gasteiger partial charge on any atom is 0.339 e. The molecule has 0 radical (unpaired) electrons. The topological polar surface area (TPSA) is 69.6 Å². The summed E-state index contributed by atoms with van der Waals surface area (Å²) in [6.07, 6.45) is 2.70. The smallest absolute Gasteiger partial charge is 0.339 e. The van der Waals surface area contributed by atoms with Crippen molar-refractivity contribution >= 4 is 28.2 Å². The highest BCUT2D eigenvalue weighted by Crippen LogP contribution is 2.39. The Hall–Kier alpha value is -1.40. The van der Waals surface area contributed by atoms with E-state index in [4.69, 9.17) is 0 Å². The van der Waals surface area contributed by atoms with E-state index in [0.717, 1.165) is 42.8 Å². The molecule has 1 aromatic heterocycles. The quantitative estimate of drug-likeness (QED) is 0.712. The summed E-state index contributed by atoms with van der Waals surface area (Å²) in [6, 6.07) is 0. The molecule has 2 rings (SSSR count). The Labute approximate surface area is 160 Å². The summed E-state index contributed by atoms with van der Waals surface area (Å²) in [5.41, 5.74) is 1.24. The van der Waals surface area contributed by atoms with Gasteiger partial charge in [-0.25, -0.2) is 4.79 Å². The van der Waals surface area contributed by atoms with Crippen LogP contribution in [0.4, 0.5) is 5.00 Å². The molecule has 1 heterocycles. The minimum Gasteiger partial charge on any atom is -0.478 e. The highest BCUT2D eigenvalue weighted by Gasteiger charge is 2.28. The molecule has 2 N–H and O–H groups in total. The molecular formula is C20H32N2O3S. The summed E-state index contributed by atoms with van der Waals surface area (Å²) < 4.78 is 0. The Balaban J connectivity index is 2.13. The molecule has 0 bridgehead atoms. The first kappa shape index (κ1) is 20.9. The first-order valence-corrected chi connectivity index (χ1v) is 10.4. The maximum absolute atomic E-state index is 12.6. The van der Waals surface area contributed by atoms with Crippen LogP contribution in [0.2, 0.25) is 0 Å². The Bertz CT molecular complexity index is 642. The second-order valence-corrected chi connectivity index (χ2v) is 9.50. The predicted molar refractivity (Wildman–Crippen MR) is 107 cm³/mol. The summed E-state index contributed by atoms with van der Waals surface area (Å²) in [7, 11) is 0. The summed E-state index contributed by atoms with van der Waals surface area (Å²) >= 11 is 1.45.